The lowest BCUT2D eigenvalue weighted by molar-refractivity contribution is -0.143. The quantitative estimate of drug-likeness (QED) is 0.874. The summed E-state index contributed by atoms with van der Waals surface area (Å²) < 4.78 is 10.4. The van der Waals surface area contributed by atoms with Crippen LogP contribution in [0, 0.1) is 0 Å². The van der Waals surface area contributed by atoms with Gasteiger partial charge in [0, 0.05) is 24.2 Å². The van der Waals surface area contributed by atoms with Gasteiger partial charge in [-0.3, -0.25) is 4.79 Å². The summed E-state index contributed by atoms with van der Waals surface area (Å²) >= 11 is 0. The van der Waals surface area contributed by atoms with Gasteiger partial charge in [-0.1, -0.05) is 0 Å². The molecule has 2 aromatic rings. The fraction of sp³-hybridized carbons (Fsp3) is 0.312. The Morgan fingerprint density at radius 2 is 2.04 bits per heavy atom. The number of carbonyl (C=O) groups excluding carboxylic acids is 1. The first-order valence-corrected chi connectivity index (χ1v) is 7.34. The zero-order chi connectivity index (χ0) is 17.3. The normalized spacial score (nSPS) is 16.4. The lowest BCUT2D eigenvalue weighted by Gasteiger charge is -2.32. The Morgan fingerprint density at radius 3 is 2.71 bits per heavy atom. The number of aromatic nitrogens is 2. The lowest BCUT2D eigenvalue weighted by Crippen LogP contribution is -2.43. The van der Waals surface area contributed by atoms with Crippen LogP contribution in [0.2, 0.25) is 0 Å². The highest BCUT2D eigenvalue weighted by Crippen LogP contribution is 2.32. The van der Waals surface area contributed by atoms with Gasteiger partial charge in [-0.05, 0) is 18.2 Å². The van der Waals surface area contributed by atoms with Crippen LogP contribution in [0.1, 0.15) is 27.8 Å². The highest BCUT2D eigenvalue weighted by atomic mass is 16.5. The smallest absolute Gasteiger partial charge is 0.332 e. The van der Waals surface area contributed by atoms with E-state index >= 15 is 0 Å². The van der Waals surface area contributed by atoms with Gasteiger partial charge in [0.25, 0.3) is 5.91 Å². The van der Waals surface area contributed by atoms with Crippen LogP contribution in [0.3, 0.4) is 0 Å². The highest BCUT2D eigenvalue weighted by Gasteiger charge is 2.38. The number of nitrogens with zero attached hydrogens (tertiary/aromatic N) is 2. The number of carboxylic acids is 1. The molecule has 0 unspecified atom stereocenters. The van der Waals surface area contributed by atoms with Crippen LogP contribution in [0.15, 0.2) is 24.5 Å². The number of aliphatic carboxylic acids is 1. The minimum absolute atomic E-state index is 0.291. The second-order valence-corrected chi connectivity index (χ2v) is 5.33. The molecule has 0 saturated carbocycles. The van der Waals surface area contributed by atoms with Crippen molar-refractivity contribution in [2.75, 3.05) is 20.8 Å². The van der Waals surface area contributed by atoms with Gasteiger partial charge in [-0.25, -0.2) is 9.78 Å². The fourth-order valence-electron chi connectivity index (χ4n) is 2.88. The molecule has 2 N–H and O–H groups in total. The van der Waals surface area contributed by atoms with E-state index < -0.39 is 17.9 Å². The Bertz CT molecular complexity index is 786. The molecule has 1 aromatic heterocycles. The van der Waals surface area contributed by atoms with Gasteiger partial charge in [0.05, 0.1) is 26.2 Å². The number of carboxylic acid groups (broad SMARTS) is 1. The molecule has 1 aliphatic rings. The number of imidazole rings is 1. The van der Waals surface area contributed by atoms with Crippen LogP contribution >= 0.6 is 0 Å². The maximum absolute atomic E-state index is 12.8. The maximum Gasteiger partial charge on any atom is 0.332 e. The third-order valence-corrected chi connectivity index (χ3v) is 4.05. The molecule has 0 saturated heterocycles. The lowest BCUT2D eigenvalue weighted by atomic mass is 10.0. The molecule has 0 radical (unpaired) electrons. The Kier molecular flexibility index (Phi) is 4.11. The second-order valence-electron chi connectivity index (χ2n) is 5.33. The number of hydrogen-bond donors (Lipinski definition) is 2. The third kappa shape index (κ3) is 2.55. The van der Waals surface area contributed by atoms with Gasteiger partial charge < -0.3 is 24.5 Å². The minimum Gasteiger partial charge on any atom is -0.493 e. The Balaban J connectivity index is 1.96. The molecule has 0 aliphatic carbocycles. The summed E-state index contributed by atoms with van der Waals surface area (Å²) in [4.78, 5) is 32.8. The van der Waals surface area contributed by atoms with E-state index in [2.05, 4.69) is 9.97 Å². The van der Waals surface area contributed by atoms with Crippen molar-refractivity contribution >= 4 is 11.9 Å². The van der Waals surface area contributed by atoms with Crippen LogP contribution in [0.5, 0.6) is 11.5 Å². The van der Waals surface area contributed by atoms with Gasteiger partial charge in [-0.15, -0.1) is 0 Å². The fourth-order valence-corrected chi connectivity index (χ4v) is 2.88. The first-order valence-electron chi connectivity index (χ1n) is 7.34. The number of rotatable bonds is 4. The maximum atomic E-state index is 12.8. The summed E-state index contributed by atoms with van der Waals surface area (Å²) in [6, 6.07) is 3.63. The monoisotopic (exact) mass is 331 g/mol. The first kappa shape index (κ1) is 15.9. The van der Waals surface area contributed by atoms with Crippen LogP contribution in [0.4, 0.5) is 0 Å². The van der Waals surface area contributed by atoms with Crippen molar-refractivity contribution in [2.45, 2.75) is 12.5 Å². The standard InChI is InChI=1S/C16H17N3O5/c1-23-11-4-3-9(7-12(11)24-2)15(20)19-6-5-10-13(18-8-17-10)14(19)16(21)22/h3-4,7-8,14H,5-6H2,1-2H3,(H,17,18)(H,21,22)/t14-/m0/s1. The number of methoxy groups -OCH3 is 2. The van der Waals surface area contributed by atoms with Gasteiger partial charge in [0.15, 0.2) is 17.5 Å². The van der Waals surface area contributed by atoms with Crippen LogP contribution in [0.25, 0.3) is 0 Å². The number of fused-ring (bicyclic) bond motifs is 1. The topological polar surface area (TPSA) is 105 Å². The predicted octanol–water partition coefficient (Wildman–Crippen LogP) is 1.25. The van der Waals surface area contributed by atoms with Gasteiger partial charge in [0.1, 0.15) is 0 Å². The third-order valence-electron chi connectivity index (χ3n) is 4.05. The van der Waals surface area contributed by atoms with Crippen LogP contribution in [-0.2, 0) is 11.2 Å². The van der Waals surface area contributed by atoms with Crippen LogP contribution < -0.4 is 9.47 Å². The van der Waals surface area contributed by atoms with Crippen molar-refractivity contribution in [3.8, 4) is 11.5 Å². The van der Waals surface area contributed by atoms with Gasteiger partial charge in [-0.2, -0.15) is 0 Å². The minimum atomic E-state index is -1.11. The number of benzene rings is 1. The molecule has 0 spiro atoms. The molecule has 126 valence electrons. The number of amides is 1. The molecule has 0 fully saturated rings. The van der Waals surface area contributed by atoms with Crippen molar-refractivity contribution in [2.24, 2.45) is 0 Å². The van der Waals surface area contributed by atoms with E-state index in [0.717, 1.165) is 5.69 Å². The number of carbonyl (C=O) groups is 2. The highest BCUT2D eigenvalue weighted by molar-refractivity contribution is 5.97. The molecule has 24 heavy (non-hydrogen) atoms. The number of ether oxygens (including phenoxy) is 2. The van der Waals surface area contributed by atoms with Crippen molar-refractivity contribution < 1.29 is 24.2 Å². The zero-order valence-electron chi connectivity index (χ0n) is 13.3. The van der Waals surface area contributed by atoms with E-state index in [4.69, 9.17) is 9.47 Å². The summed E-state index contributed by atoms with van der Waals surface area (Å²) in [5, 5.41) is 9.56. The Hall–Kier alpha value is -3.03. The molecular formula is C16H17N3O5. The van der Waals surface area contributed by atoms with E-state index in [0.29, 0.717) is 35.7 Å². The average molecular weight is 331 g/mol. The van der Waals surface area contributed by atoms with E-state index in [1.165, 1.54) is 25.4 Å². The summed E-state index contributed by atoms with van der Waals surface area (Å²) in [5.41, 5.74) is 1.46. The van der Waals surface area contributed by atoms with Crippen molar-refractivity contribution in [3.05, 3.63) is 41.5 Å². The molecule has 8 heteroatoms. The largest absolute Gasteiger partial charge is 0.493 e. The van der Waals surface area contributed by atoms with Crippen molar-refractivity contribution in [3.63, 3.8) is 0 Å². The Morgan fingerprint density at radius 1 is 1.29 bits per heavy atom. The van der Waals surface area contributed by atoms with Gasteiger partial charge >= 0.3 is 5.97 Å². The average Bonchev–Trinajstić information content (AvgIpc) is 3.07. The Labute approximate surface area is 138 Å². The molecule has 8 nitrogen and oxygen atoms in total. The summed E-state index contributed by atoms with van der Waals surface area (Å²) in [7, 11) is 2.98. The second kappa shape index (κ2) is 6.23. The predicted molar refractivity (Wildman–Crippen MR) is 83.3 cm³/mol. The first-order chi connectivity index (χ1) is 11.6. The molecular weight excluding hydrogens is 314 g/mol. The van der Waals surface area contributed by atoms with Gasteiger partial charge in [0.2, 0.25) is 0 Å². The molecule has 1 atom stereocenters. The van der Waals surface area contributed by atoms with E-state index in [1.807, 2.05) is 0 Å². The number of H-pyrrole nitrogens is 1. The van der Waals surface area contributed by atoms with Crippen molar-refractivity contribution in [1.82, 2.24) is 14.9 Å². The SMILES string of the molecule is COc1ccc(C(=O)N2CCc3[nH]cnc3[C@H]2C(=O)O)cc1OC. The summed E-state index contributed by atoms with van der Waals surface area (Å²) in [6.45, 7) is 0.291. The summed E-state index contributed by atoms with van der Waals surface area (Å²) in [6.07, 6.45) is 1.98. The summed E-state index contributed by atoms with van der Waals surface area (Å²) in [5.74, 6) is -0.598. The van der Waals surface area contributed by atoms with E-state index in [-0.39, 0.29) is 0 Å². The number of hydrogen-bond acceptors (Lipinski definition) is 5. The number of aromatic amines is 1. The molecule has 3 rings (SSSR count). The molecule has 1 amide bonds. The molecule has 0 bridgehead atoms. The number of nitrogens with one attached hydrogen (secondary N) is 1. The molecule has 1 aromatic carbocycles. The van der Waals surface area contributed by atoms with E-state index in [1.54, 1.807) is 18.2 Å². The van der Waals surface area contributed by atoms with Crippen molar-refractivity contribution in [1.29, 1.82) is 0 Å². The van der Waals surface area contributed by atoms with Crippen LogP contribution in [-0.4, -0.2) is 52.6 Å². The zero-order valence-corrected chi connectivity index (χ0v) is 13.3. The molecule has 2 heterocycles. The molecule has 1 aliphatic heterocycles. The van der Waals surface area contributed by atoms with E-state index in [9.17, 15) is 14.7 Å².